The summed E-state index contributed by atoms with van der Waals surface area (Å²) < 4.78 is 31.9. The lowest BCUT2D eigenvalue weighted by Gasteiger charge is -2.40. The standard InChI is InChI=1S/C19H19ClF2N4O2/c20-13-1-3-16-17(9-13)28-15(10-21)12-26(16)19(27)25-7-5-24(6-8-25)18-4-2-14(22)11-23-18/h1-4,9,11,15H,5-8,10,12H2. The van der Waals surface area contributed by atoms with E-state index in [0.29, 0.717) is 48.5 Å². The second-order valence-corrected chi connectivity index (χ2v) is 7.14. The molecule has 1 aromatic carbocycles. The summed E-state index contributed by atoms with van der Waals surface area (Å²) in [5.41, 5.74) is 0.585. The highest BCUT2D eigenvalue weighted by Gasteiger charge is 2.33. The lowest BCUT2D eigenvalue weighted by molar-refractivity contribution is 0.151. The largest absolute Gasteiger partial charge is 0.484 e. The van der Waals surface area contributed by atoms with Crippen LogP contribution >= 0.6 is 11.6 Å². The molecule has 0 bridgehead atoms. The van der Waals surface area contributed by atoms with E-state index >= 15 is 0 Å². The van der Waals surface area contributed by atoms with Gasteiger partial charge in [-0.25, -0.2) is 18.6 Å². The van der Waals surface area contributed by atoms with Crippen LogP contribution in [0.3, 0.4) is 0 Å². The molecule has 1 aromatic heterocycles. The summed E-state index contributed by atoms with van der Waals surface area (Å²) in [5, 5.41) is 0.464. The number of nitrogens with zero attached hydrogens (tertiary/aromatic N) is 4. The number of aromatic nitrogens is 1. The van der Waals surface area contributed by atoms with Gasteiger partial charge in [0.05, 0.1) is 18.4 Å². The molecule has 1 fully saturated rings. The first-order chi connectivity index (χ1) is 13.5. The second kappa shape index (κ2) is 7.79. The highest BCUT2D eigenvalue weighted by Crippen LogP contribution is 2.36. The molecule has 3 heterocycles. The van der Waals surface area contributed by atoms with E-state index in [4.69, 9.17) is 16.3 Å². The summed E-state index contributed by atoms with van der Waals surface area (Å²) in [4.78, 5) is 22.5. The topological polar surface area (TPSA) is 48.9 Å². The predicted molar refractivity (Wildman–Crippen MR) is 103 cm³/mol. The first-order valence-electron chi connectivity index (χ1n) is 9.00. The SMILES string of the molecule is O=C(N1CCN(c2ccc(F)cn2)CC1)N1CC(CF)Oc2cc(Cl)ccc21. The van der Waals surface area contributed by atoms with Crippen LogP contribution in [0.4, 0.5) is 25.1 Å². The Morgan fingerprint density at radius 3 is 2.68 bits per heavy atom. The number of amides is 2. The molecule has 0 N–H and O–H groups in total. The summed E-state index contributed by atoms with van der Waals surface area (Å²) in [7, 11) is 0. The van der Waals surface area contributed by atoms with Gasteiger partial charge >= 0.3 is 6.03 Å². The summed E-state index contributed by atoms with van der Waals surface area (Å²) in [6.45, 7) is 1.57. The summed E-state index contributed by atoms with van der Waals surface area (Å²) >= 11 is 6.01. The Kier molecular flexibility index (Phi) is 5.21. The van der Waals surface area contributed by atoms with E-state index in [0.717, 1.165) is 0 Å². The van der Waals surface area contributed by atoms with E-state index in [1.54, 1.807) is 34.1 Å². The Morgan fingerprint density at radius 1 is 1.21 bits per heavy atom. The van der Waals surface area contributed by atoms with Crippen LogP contribution in [-0.4, -0.2) is 61.4 Å². The minimum atomic E-state index is -0.723. The lowest BCUT2D eigenvalue weighted by atomic mass is 10.2. The first kappa shape index (κ1) is 18.7. The highest BCUT2D eigenvalue weighted by atomic mass is 35.5. The fourth-order valence-corrected chi connectivity index (χ4v) is 3.60. The minimum absolute atomic E-state index is 0.143. The molecule has 2 aliphatic rings. The van der Waals surface area contributed by atoms with Gasteiger partial charge in [-0.3, -0.25) is 4.90 Å². The number of benzene rings is 1. The number of urea groups is 1. The number of fused-ring (bicyclic) bond motifs is 1. The van der Waals surface area contributed by atoms with Gasteiger partial charge in [0, 0.05) is 37.3 Å². The lowest BCUT2D eigenvalue weighted by Crippen LogP contribution is -2.55. The molecular weight excluding hydrogens is 390 g/mol. The molecule has 1 atom stereocenters. The van der Waals surface area contributed by atoms with Crippen LogP contribution in [0, 0.1) is 5.82 Å². The van der Waals surface area contributed by atoms with E-state index < -0.39 is 12.8 Å². The summed E-state index contributed by atoms with van der Waals surface area (Å²) in [5.74, 6) is 0.701. The monoisotopic (exact) mass is 408 g/mol. The number of carbonyl (C=O) groups excluding carboxylic acids is 1. The van der Waals surface area contributed by atoms with Crippen molar-refractivity contribution in [1.29, 1.82) is 0 Å². The zero-order valence-electron chi connectivity index (χ0n) is 15.0. The van der Waals surface area contributed by atoms with Crippen LogP contribution in [0.5, 0.6) is 5.75 Å². The molecule has 148 valence electrons. The molecule has 0 aliphatic carbocycles. The van der Waals surface area contributed by atoms with Crippen molar-refractivity contribution in [3.05, 3.63) is 47.4 Å². The molecule has 2 aliphatic heterocycles. The van der Waals surface area contributed by atoms with Gasteiger partial charge in [-0.05, 0) is 24.3 Å². The average Bonchev–Trinajstić information content (AvgIpc) is 2.73. The zero-order chi connectivity index (χ0) is 19.7. The molecule has 0 spiro atoms. The molecule has 4 rings (SSSR count). The van der Waals surface area contributed by atoms with Crippen molar-refractivity contribution < 1.29 is 18.3 Å². The molecular formula is C19H19ClF2N4O2. The number of alkyl halides is 1. The fraction of sp³-hybridized carbons (Fsp3) is 0.368. The first-order valence-corrected chi connectivity index (χ1v) is 9.38. The van der Waals surface area contributed by atoms with Gasteiger partial charge in [-0.1, -0.05) is 11.6 Å². The third-order valence-corrected chi connectivity index (χ3v) is 5.12. The van der Waals surface area contributed by atoms with Crippen molar-refractivity contribution >= 4 is 29.1 Å². The number of pyridine rings is 1. The van der Waals surface area contributed by atoms with Gasteiger partial charge in [-0.2, -0.15) is 0 Å². The Balaban J connectivity index is 1.47. The maximum absolute atomic E-state index is 13.3. The van der Waals surface area contributed by atoms with Crippen LogP contribution in [0.15, 0.2) is 36.5 Å². The molecule has 1 saturated heterocycles. The van der Waals surface area contributed by atoms with E-state index in [1.807, 2.05) is 4.90 Å². The maximum atomic E-state index is 13.3. The van der Waals surface area contributed by atoms with E-state index in [-0.39, 0.29) is 18.4 Å². The van der Waals surface area contributed by atoms with Crippen molar-refractivity contribution in [3.63, 3.8) is 0 Å². The van der Waals surface area contributed by atoms with E-state index in [9.17, 15) is 13.6 Å². The van der Waals surface area contributed by atoms with Gasteiger partial charge in [-0.15, -0.1) is 0 Å². The maximum Gasteiger partial charge on any atom is 0.324 e. The third kappa shape index (κ3) is 3.69. The Morgan fingerprint density at radius 2 is 2.00 bits per heavy atom. The molecule has 0 saturated carbocycles. The van der Waals surface area contributed by atoms with Crippen molar-refractivity contribution in [2.45, 2.75) is 6.10 Å². The molecule has 0 radical (unpaired) electrons. The number of piperazine rings is 1. The smallest absolute Gasteiger partial charge is 0.324 e. The van der Waals surface area contributed by atoms with Crippen molar-refractivity contribution in [1.82, 2.24) is 9.88 Å². The van der Waals surface area contributed by atoms with E-state index in [1.165, 1.54) is 12.3 Å². The Hall–Kier alpha value is -2.61. The number of carbonyl (C=O) groups is 1. The van der Waals surface area contributed by atoms with E-state index in [2.05, 4.69) is 4.98 Å². The number of hydrogen-bond acceptors (Lipinski definition) is 4. The normalized spacial score (nSPS) is 19.2. The fourth-order valence-electron chi connectivity index (χ4n) is 3.44. The second-order valence-electron chi connectivity index (χ2n) is 6.71. The zero-order valence-corrected chi connectivity index (χ0v) is 15.8. The molecule has 28 heavy (non-hydrogen) atoms. The van der Waals surface area contributed by atoms with Crippen molar-refractivity contribution in [2.75, 3.05) is 49.2 Å². The van der Waals surface area contributed by atoms with Crippen molar-refractivity contribution in [3.8, 4) is 5.75 Å². The van der Waals surface area contributed by atoms with Crippen molar-refractivity contribution in [2.24, 2.45) is 0 Å². The number of ether oxygens (including phenoxy) is 1. The molecule has 9 heteroatoms. The third-order valence-electron chi connectivity index (χ3n) is 4.88. The van der Waals surface area contributed by atoms with Crippen LogP contribution < -0.4 is 14.5 Å². The van der Waals surface area contributed by atoms with Gasteiger partial charge < -0.3 is 14.5 Å². The molecule has 6 nitrogen and oxygen atoms in total. The van der Waals surface area contributed by atoms with Gasteiger partial charge in [0.1, 0.15) is 30.2 Å². The minimum Gasteiger partial charge on any atom is -0.484 e. The number of hydrogen-bond donors (Lipinski definition) is 0. The predicted octanol–water partition coefficient (Wildman–Crippen LogP) is 3.35. The van der Waals surface area contributed by atoms with Gasteiger partial charge in [0.2, 0.25) is 0 Å². The van der Waals surface area contributed by atoms with Crippen LogP contribution in [0.25, 0.3) is 0 Å². The number of rotatable bonds is 2. The molecule has 1 unspecified atom stereocenters. The Labute approximate surface area is 166 Å². The Bertz CT molecular complexity index is 860. The molecule has 2 amide bonds. The van der Waals surface area contributed by atoms with Crippen LogP contribution in [-0.2, 0) is 0 Å². The average molecular weight is 409 g/mol. The number of halogens is 3. The molecule has 2 aromatic rings. The summed E-state index contributed by atoms with van der Waals surface area (Å²) in [6, 6.07) is 7.78. The summed E-state index contributed by atoms with van der Waals surface area (Å²) in [6.07, 6.45) is 0.458. The quantitative estimate of drug-likeness (QED) is 0.764. The number of anilines is 2. The van der Waals surface area contributed by atoms with Crippen LogP contribution in [0.1, 0.15) is 0 Å². The highest BCUT2D eigenvalue weighted by molar-refractivity contribution is 6.30. The van der Waals surface area contributed by atoms with Gasteiger partial charge in [0.15, 0.2) is 0 Å². The van der Waals surface area contributed by atoms with Gasteiger partial charge in [0.25, 0.3) is 0 Å². The van der Waals surface area contributed by atoms with Crippen LogP contribution in [0.2, 0.25) is 5.02 Å².